The van der Waals surface area contributed by atoms with E-state index in [0.717, 1.165) is 10.1 Å². The average molecular weight is 460 g/mol. The van der Waals surface area contributed by atoms with Crippen molar-refractivity contribution in [2.24, 2.45) is 0 Å². The first kappa shape index (κ1) is 24.2. The normalized spacial score (nSPS) is 14.3. The van der Waals surface area contributed by atoms with Crippen LogP contribution in [0.2, 0.25) is 0 Å². The number of carbonyl (C=O) groups excluding carboxylic acids is 2. The number of amides is 1. The topological polar surface area (TPSA) is 140 Å². The van der Waals surface area contributed by atoms with Gasteiger partial charge in [0.1, 0.15) is 17.1 Å². The van der Waals surface area contributed by atoms with Crippen LogP contribution in [0.15, 0.2) is 33.9 Å². The Kier molecular flexibility index (Phi) is 8.01. The highest BCUT2D eigenvalue weighted by atomic mass is 16.5. The first-order valence-corrected chi connectivity index (χ1v) is 10.6. The summed E-state index contributed by atoms with van der Waals surface area (Å²) in [6.07, 6.45) is 0.269. The highest BCUT2D eigenvalue weighted by Gasteiger charge is 2.25. The third kappa shape index (κ3) is 5.88. The largest absolute Gasteiger partial charge is 0.497 e. The lowest BCUT2D eigenvalue weighted by atomic mass is 10.1. The number of aromatic amines is 1. The zero-order chi connectivity index (χ0) is 24.0. The van der Waals surface area contributed by atoms with Gasteiger partial charge in [-0.2, -0.15) is 0 Å². The molecule has 0 spiro atoms. The van der Waals surface area contributed by atoms with Gasteiger partial charge >= 0.3 is 5.69 Å². The number of aromatic nitrogens is 2. The van der Waals surface area contributed by atoms with Gasteiger partial charge in [-0.3, -0.25) is 28.8 Å². The predicted molar refractivity (Wildman–Crippen MR) is 122 cm³/mol. The summed E-state index contributed by atoms with van der Waals surface area (Å²) in [7, 11) is 3.05. The second-order valence-corrected chi connectivity index (χ2v) is 7.77. The number of ether oxygens (including phenoxy) is 2. The Morgan fingerprint density at radius 3 is 2.52 bits per heavy atom. The van der Waals surface area contributed by atoms with Crippen molar-refractivity contribution in [2.45, 2.75) is 13.0 Å². The van der Waals surface area contributed by atoms with Crippen LogP contribution in [-0.4, -0.2) is 84.6 Å². The molecular weight excluding hydrogens is 430 g/mol. The number of piperazine rings is 1. The molecule has 2 heterocycles. The minimum absolute atomic E-state index is 0.000128. The van der Waals surface area contributed by atoms with Gasteiger partial charge in [0.15, 0.2) is 5.78 Å². The van der Waals surface area contributed by atoms with Crippen LogP contribution in [0.25, 0.3) is 0 Å². The van der Waals surface area contributed by atoms with E-state index in [-0.39, 0.29) is 43.4 Å². The SMILES string of the molecule is COCCn1c(N)c(C(=O)CN2CCN(C(=O)Cc3cccc(OC)c3)CC2)c(=O)[nH]c1=O. The van der Waals surface area contributed by atoms with Crippen molar-refractivity contribution in [1.29, 1.82) is 0 Å². The van der Waals surface area contributed by atoms with Crippen molar-refractivity contribution in [3.63, 3.8) is 0 Å². The van der Waals surface area contributed by atoms with Gasteiger partial charge in [-0.25, -0.2) is 4.79 Å². The number of carbonyl (C=O) groups is 2. The number of ketones is 1. The number of methoxy groups -OCH3 is 2. The van der Waals surface area contributed by atoms with Gasteiger partial charge < -0.3 is 20.1 Å². The smallest absolute Gasteiger partial charge is 0.330 e. The van der Waals surface area contributed by atoms with E-state index >= 15 is 0 Å². The number of benzene rings is 1. The number of hydrogen-bond acceptors (Lipinski definition) is 8. The van der Waals surface area contributed by atoms with E-state index in [1.807, 2.05) is 29.2 Å². The molecule has 2 aromatic rings. The molecule has 1 aromatic carbocycles. The number of nitrogen functional groups attached to an aromatic ring is 1. The maximum absolute atomic E-state index is 12.8. The molecule has 3 N–H and O–H groups in total. The summed E-state index contributed by atoms with van der Waals surface area (Å²) < 4.78 is 11.3. The second-order valence-electron chi connectivity index (χ2n) is 7.77. The fourth-order valence-electron chi connectivity index (χ4n) is 3.77. The van der Waals surface area contributed by atoms with E-state index < -0.39 is 17.0 Å². The second kappa shape index (κ2) is 10.9. The van der Waals surface area contributed by atoms with Crippen LogP contribution in [-0.2, 0) is 22.5 Å². The van der Waals surface area contributed by atoms with Gasteiger partial charge in [0.25, 0.3) is 5.56 Å². The molecule has 0 bridgehead atoms. The van der Waals surface area contributed by atoms with Crippen molar-refractivity contribution >= 4 is 17.5 Å². The van der Waals surface area contributed by atoms with Crippen LogP contribution in [0.4, 0.5) is 5.82 Å². The van der Waals surface area contributed by atoms with Crippen molar-refractivity contribution in [3.05, 3.63) is 56.2 Å². The van der Waals surface area contributed by atoms with E-state index in [1.54, 1.807) is 12.0 Å². The van der Waals surface area contributed by atoms with E-state index in [9.17, 15) is 19.2 Å². The third-order valence-corrected chi connectivity index (χ3v) is 5.62. The Balaban J connectivity index is 1.60. The van der Waals surface area contributed by atoms with Crippen LogP contribution in [0, 0.1) is 0 Å². The molecule has 33 heavy (non-hydrogen) atoms. The molecule has 1 saturated heterocycles. The number of nitrogens with one attached hydrogen (secondary N) is 1. The number of Topliss-reactive ketones (excluding diaryl/α,β-unsaturated/α-hetero) is 1. The van der Waals surface area contributed by atoms with Gasteiger partial charge in [-0.15, -0.1) is 0 Å². The fraction of sp³-hybridized carbons (Fsp3) is 0.455. The molecule has 0 radical (unpaired) electrons. The number of nitrogens with two attached hydrogens (primary N) is 1. The lowest BCUT2D eigenvalue weighted by molar-refractivity contribution is -0.132. The van der Waals surface area contributed by atoms with E-state index in [1.165, 1.54) is 7.11 Å². The Bertz CT molecular complexity index is 1120. The summed E-state index contributed by atoms with van der Waals surface area (Å²) in [5.41, 5.74) is 5.12. The number of hydrogen-bond donors (Lipinski definition) is 2. The lowest BCUT2D eigenvalue weighted by Crippen LogP contribution is -2.50. The molecule has 1 aliphatic heterocycles. The van der Waals surface area contributed by atoms with Crippen LogP contribution in [0.5, 0.6) is 5.75 Å². The van der Waals surface area contributed by atoms with Crippen LogP contribution < -0.4 is 21.7 Å². The molecule has 178 valence electrons. The lowest BCUT2D eigenvalue weighted by Gasteiger charge is -2.34. The number of rotatable bonds is 9. The number of anilines is 1. The van der Waals surface area contributed by atoms with Crippen LogP contribution in [0.1, 0.15) is 15.9 Å². The minimum atomic E-state index is -0.803. The van der Waals surface area contributed by atoms with Crippen molar-refractivity contribution in [3.8, 4) is 5.75 Å². The summed E-state index contributed by atoms with van der Waals surface area (Å²) in [6, 6.07) is 7.38. The summed E-state index contributed by atoms with van der Waals surface area (Å²) in [5, 5.41) is 0. The molecule has 11 heteroatoms. The fourth-order valence-corrected chi connectivity index (χ4v) is 3.77. The Labute approximate surface area is 190 Å². The molecule has 11 nitrogen and oxygen atoms in total. The van der Waals surface area contributed by atoms with Gasteiger partial charge in [-0.1, -0.05) is 12.1 Å². The molecule has 3 rings (SSSR count). The summed E-state index contributed by atoms with van der Waals surface area (Å²) in [5.74, 6) is 0.0561. The molecule has 0 aliphatic carbocycles. The van der Waals surface area contributed by atoms with Crippen LogP contribution >= 0.6 is 0 Å². The van der Waals surface area contributed by atoms with Crippen LogP contribution in [0.3, 0.4) is 0 Å². The van der Waals surface area contributed by atoms with Gasteiger partial charge in [0, 0.05) is 33.3 Å². The summed E-state index contributed by atoms with van der Waals surface area (Å²) in [4.78, 5) is 55.5. The van der Waals surface area contributed by atoms with Crippen molar-refractivity contribution in [2.75, 3.05) is 59.3 Å². The summed E-state index contributed by atoms with van der Waals surface area (Å²) in [6.45, 7) is 2.19. The standard InChI is InChI=1S/C22H29N5O6/c1-32-11-10-27-20(23)19(21(30)24-22(27)31)17(28)14-25-6-8-26(9-7-25)18(29)13-15-4-3-5-16(12-15)33-2/h3-5,12H,6-11,13-14,23H2,1-2H3,(H,24,30,31). The zero-order valence-corrected chi connectivity index (χ0v) is 18.8. The van der Waals surface area contributed by atoms with Crippen molar-refractivity contribution < 1.29 is 19.1 Å². The monoisotopic (exact) mass is 459 g/mol. The van der Waals surface area contributed by atoms with Crippen molar-refractivity contribution in [1.82, 2.24) is 19.4 Å². The zero-order valence-electron chi connectivity index (χ0n) is 18.8. The molecule has 0 atom stereocenters. The Morgan fingerprint density at radius 2 is 1.85 bits per heavy atom. The van der Waals surface area contributed by atoms with Gasteiger partial charge in [0.05, 0.1) is 33.2 Å². The molecule has 0 saturated carbocycles. The first-order valence-electron chi connectivity index (χ1n) is 10.6. The summed E-state index contributed by atoms with van der Waals surface area (Å²) >= 11 is 0. The number of H-pyrrole nitrogens is 1. The minimum Gasteiger partial charge on any atom is -0.497 e. The van der Waals surface area contributed by atoms with E-state index in [4.69, 9.17) is 15.2 Å². The third-order valence-electron chi connectivity index (χ3n) is 5.62. The Morgan fingerprint density at radius 1 is 1.12 bits per heavy atom. The predicted octanol–water partition coefficient (Wildman–Crippen LogP) is -0.657. The van der Waals surface area contributed by atoms with Gasteiger partial charge in [0.2, 0.25) is 5.91 Å². The Hall–Kier alpha value is -3.44. The van der Waals surface area contributed by atoms with E-state index in [0.29, 0.717) is 31.9 Å². The first-order chi connectivity index (χ1) is 15.8. The number of nitrogens with zero attached hydrogens (tertiary/aromatic N) is 3. The molecule has 1 fully saturated rings. The quantitative estimate of drug-likeness (QED) is 0.471. The van der Waals surface area contributed by atoms with E-state index in [2.05, 4.69) is 4.98 Å². The highest BCUT2D eigenvalue weighted by molar-refractivity contribution is 6.01. The molecule has 1 aliphatic rings. The molecule has 1 amide bonds. The maximum Gasteiger partial charge on any atom is 0.330 e. The molecular formula is C22H29N5O6. The van der Waals surface area contributed by atoms with Gasteiger partial charge in [-0.05, 0) is 17.7 Å². The maximum atomic E-state index is 12.8. The average Bonchev–Trinajstić information content (AvgIpc) is 2.79. The molecule has 0 unspecified atom stereocenters. The highest BCUT2D eigenvalue weighted by Crippen LogP contribution is 2.15. The molecule has 1 aromatic heterocycles.